The van der Waals surface area contributed by atoms with E-state index >= 15 is 0 Å². The fourth-order valence-electron chi connectivity index (χ4n) is 4.39. The lowest BCUT2D eigenvalue weighted by molar-refractivity contribution is -0.140. The lowest BCUT2D eigenvalue weighted by Gasteiger charge is -2.34. The first kappa shape index (κ1) is 32.7. The van der Waals surface area contributed by atoms with Gasteiger partial charge in [0.25, 0.3) is 10.0 Å². The van der Waals surface area contributed by atoms with Gasteiger partial charge in [-0.1, -0.05) is 72.4 Å². The van der Waals surface area contributed by atoms with E-state index in [1.807, 2.05) is 13.8 Å². The monoisotopic (exact) mass is 637 g/mol. The highest BCUT2D eigenvalue weighted by molar-refractivity contribution is 7.92. The quantitative estimate of drug-likeness (QED) is 0.237. The zero-order valence-electron chi connectivity index (χ0n) is 23.5. The van der Waals surface area contributed by atoms with Crippen LogP contribution in [0.3, 0.4) is 0 Å². The third kappa shape index (κ3) is 7.95. The highest BCUT2D eigenvalue weighted by atomic mass is 35.5. The molecule has 0 spiro atoms. The van der Waals surface area contributed by atoms with Crippen LogP contribution in [0.5, 0.6) is 0 Å². The summed E-state index contributed by atoms with van der Waals surface area (Å²) in [5.74, 6) is -0.939. The lowest BCUT2D eigenvalue weighted by atomic mass is 10.1. The first-order valence-corrected chi connectivity index (χ1v) is 15.8. The minimum Gasteiger partial charge on any atom is -0.354 e. The minimum atomic E-state index is -4.20. The average molecular weight is 639 g/mol. The van der Waals surface area contributed by atoms with Gasteiger partial charge in [0.1, 0.15) is 12.6 Å². The predicted octanol–water partition coefficient (Wildman–Crippen LogP) is 6.79. The second kappa shape index (κ2) is 14.4. The van der Waals surface area contributed by atoms with Gasteiger partial charge in [-0.3, -0.25) is 13.9 Å². The summed E-state index contributed by atoms with van der Waals surface area (Å²) in [5.41, 5.74) is 2.21. The molecule has 41 heavy (non-hydrogen) atoms. The Hall–Kier alpha value is -2.78. The summed E-state index contributed by atoms with van der Waals surface area (Å²) in [5, 5.41) is 3.94. The van der Waals surface area contributed by atoms with E-state index in [0.29, 0.717) is 44.8 Å². The van der Waals surface area contributed by atoms with Crippen LogP contribution < -0.4 is 9.62 Å². The number of hydrogen-bond donors (Lipinski definition) is 1. The van der Waals surface area contributed by atoms with Gasteiger partial charge in [0.05, 0.1) is 10.6 Å². The van der Waals surface area contributed by atoms with E-state index in [2.05, 4.69) is 5.32 Å². The molecule has 7 nitrogen and oxygen atoms in total. The van der Waals surface area contributed by atoms with Crippen molar-refractivity contribution in [2.24, 2.45) is 0 Å². The number of rotatable bonds is 12. The summed E-state index contributed by atoms with van der Waals surface area (Å²) in [6, 6.07) is 15.2. The number of benzene rings is 3. The first-order valence-electron chi connectivity index (χ1n) is 13.3. The predicted molar refractivity (Wildman–Crippen MR) is 166 cm³/mol. The first-order chi connectivity index (χ1) is 19.4. The number of anilines is 1. The van der Waals surface area contributed by atoms with Crippen LogP contribution in [0.4, 0.5) is 5.69 Å². The van der Waals surface area contributed by atoms with Crippen molar-refractivity contribution in [2.45, 2.75) is 58.0 Å². The molecular formula is C30H34Cl3N3O4S. The van der Waals surface area contributed by atoms with Gasteiger partial charge < -0.3 is 10.2 Å². The summed E-state index contributed by atoms with van der Waals surface area (Å²) < 4.78 is 29.1. The van der Waals surface area contributed by atoms with Crippen molar-refractivity contribution in [1.29, 1.82) is 0 Å². The van der Waals surface area contributed by atoms with E-state index in [0.717, 1.165) is 9.87 Å². The van der Waals surface area contributed by atoms with E-state index in [-0.39, 0.29) is 23.8 Å². The molecule has 0 saturated carbocycles. The molecule has 0 aromatic heterocycles. The average Bonchev–Trinajstić information content (AvgIpc) is 2.92. The SMILES string of the molecule is CCCNC(=O)[C@H](CC)N(Cc1c(Cl)cccc1Cl)C(=O)CN(c1ccc(Cl)cc1C)S(=O)(=O)c1ccc(C)cc1. The van der Waals surface area contributed by atoms with Crippen LogP contribution >= 0.6 is 34.8 Å². The number of nitrogens with zero attached hydrogens (tertiary/aromatic N) is 2. The molecule has 220 valence electrons. The number of amides is 2. The Morgan fingerprint density at radius 1 is 0.927 bits per heavy atom. The maximum absolute atomic E-state index is 14.2. The molecular weight excluding hydrogens is 605 g/mol. The lowest BCUT2D eigenvalue weighted by Crippen LogP contribution is -2.52. The van der Waals surface area contributed by atoms with Crippen molar-refractivity contribution in [3.63, 3.8) is 0 Å². The van der Waals surface area contributed by atoms with Gasteiger partial charge in [-0.25, -0.2) is 8.42 Å². The molecule has 0 fully saturated rings. The molecule has 0 radical (unpaired) electrons. The third-order valence-electron chi connectivity index (χ3n) is 6.64. The zero-order chi connectivity index (χ0) is 30.3. The summed E-state index contributed by atoms with van der Waals surface area (Å²) in [4.78, 5) is 28.8. The fourth-order valence-corrected chi connectivity index (χ4v) is 6.61. The molecule has 3 aromatic rings. The van der Waals surface area contributed by atoms with E-state index in [1.54, 1.807) is 62.4 Å². The van der Waals surface area contributed by atoms with E-state index in [1.165, 1.54) is 17.0 Å². The highest BCUT2D eigenvalue weighted by Gasteiger charge is 2.34. The van der Waals surface area contributed by atoms with Crippen LogP contribution in [0.2, 0.25) is 15.1 Å². The number of hydrogen-bond acceptors (Lipinski definition) is 4. The maximum Gasteiger partial charge on any atom is 0.264 e. The molecule has 0 unspecified atom stereocenters. The van der Waals surface area contributed by atoms with Crippen molar-refractivity contribution < 1.29 is 18.0 Å². The largest absolute Gasteiger partial charge is 0.354 e. The zero-order valence-corrected chi connectivity index (χ0v) is 26.5. The number of halogens is 3. The van der Waals surface area contributed by atoms with Crippen LogP contribution in [-0.4, -0.2) is 44.3 Å². The third-order valence-corrected chi connectivity index (χ3v) is 9.36. The van der Waals surface area contributed by atoms with Gasteiger partial charge >= 0.3 is 0 Å². The molecule has 3 aromatic carbocycles. The van der Waals surface area contributed by atoms with E-state index in [4.69, 9.17) is 34.8 Å². The van der Waals surface area contributed by atoms with Crippen molar-refractivity contribution >= 4 is 62.3 Å². The van der Waals surface area contributed by atoms with Crippen LogP contribution in [-0.2, 0) is 26.2 Å². The van der Waals surface area contributed by atoms with E-state index < -0.39 is 28.5 Å². The Kier molecular flexibility index (Phi) is 11.5. The van der Waals surface area contributed by atoms with Crippen molar-refractivity contribution in [3.8, 4) is 0 Å². The summed E-state index contributed by atoms with van der Waals surface area (Å²) in [6.07, 6.45) is 0.999. The van der Waals surface area contributed by atoms with Gasteiger partial charge in [-0.2, -0.15) is 0 Å². The van der Waals surface area contributed by atoms with E-state index in [9.17, 15) is 18.0 Å². The second-order valence-electron chi connectivity index (χ2n) is 9.69. The molecule has 0 aliphatic carbocycles. The number of nitrogens with one attached hydrogen (secondary N) is 1. The van der Waals surface area contributed by atoms with Gasteiger partial charge in [0.2, 0.25) is 11.8 Å². The molecule has 11 heteroatoms. The molecule has 0 saturated heterocycles. The second-order valence-corrected chi connectivity index (χ2v) is 12.8. The Morgan fingerprint density at radius 3 is 2.12 bits per heavy atom. The summed E-state index contributed by atoms with van der Waals surface area (Å²) >= 11 is 19.1. The van der Waals surface area contributed by atoms with Gasteiger partial charge in [-0.15, -0.1) is 0 Å². The Balaban J connectivity index is 2.12. The van der Waals surface area contributed by atoms with Crippen LogP contribution in [0.1, 0.15) is 43.4 Å². The summed E-state index contributed by atoms with van der Waals surface area (Å²) in [7, 11) is -4.20. The molecule has 0 aliphatic rings. The molecule has 0 aliphatic heterocycles. The van der Waals surface area contributed by atoms with Crippen LogP contribution in [0, 0.1) is 13.8 Å². The van der Waals surface area contributed by atoms with Gasteiger partial charge in [-0.05, 0) is 74.7 Å². The number of carbonyl (C=O) groups excluding carboxylic acids is 2. The standard InChI is InChI=1S/C30H34Cl3N3O4S/c1-5-16-34-30(38)27(6-2)35(18-24-25(32)8-7-9-26(24)33)29(37)19-36(28-15-12-22(31)17-21(28)4)41(39,40)23-13-10-20(3)11-14-23/h7-15,17,27H,5-6,16,18-19H2,1-4H3,(H,34,38)/t27-/m0/s1. The Morgan fingerprint density at radius 2 is 1.56 bits per heavy atom. The summed E-state index contributed by atoms with van der Waals surface area (Å²) in [6.45, 7) is 7.06. The smallest absolute Gasteiger partial charge is 0.264 e. The maximum atomic E-state index is 14.2. The molecule has 0 heterocycles. The van der Waals surface area contributed by atoms with Crippen molar-refractivity contribution in [3.05, 3.63) is 92.4 Å². The minimum absolute atomic E-state index is 0.0266. The van der Waals surface area contributed by atoms with Crippen molar-refractivity contribution in [1.82, 2.24) is 10.2 Å². The molecule has 3 rings (SSSR count). The molecule has 0 bridgehead atoms. The molecule has 1 atom stereocenters. The highest BCUT2D eigenvalue weighted by Crippen LogP contribution is 2.31. The number of carbonyl (C=O) groups is 2. The topological polar surface area (TPSA) is 86.8 Å². The van der Waals surface area contributed by atoms with Crippen LogP contribution in [0.25, 0.3) is 0 Å². The van der Waals surface area contributed by atoms with Crippen LogP contribution in [0.15, 0.2) is 65.6 Å². The van der Waals surface area contributed by atoms with Gasteiger partial charge in [0, 0.05) is 33.7 Å². The molecule has 1 N–H and O–H groups in total. The normalized spacial score (nSPS) is 12.1. The number of sulfonamides is 1. The Labute approximate surface area is 257 Å². The fraction of sp³-hybridized carbons (Fsp3) is 0.333. The Bertz CT molecular complexity index is 1480. The molecule has 2 amide bonds. The van der Waals surface area contributed by atoms with Gasteiger partial charge in [0.15, 0.2) is 0 Å². The number of aryl methyl sites for hydroxylation is 2. The van der Waals surface area contributed by atoms with Crippen molar-refractivity contribution in [2.75, 3.05) is 17.4 Å².